The van der Waals surface area contributed by atoms with E-state index >= 15 is 0 Å². The van der Waals surface area contributed by atoms with E-state index in [0.29, 0.717) is 0 Å². The zero-order valence-electron chi connectivity index (χ0n) is 6.36. The maximum Gasteiger partial charge on any atom is 0.0732 e. The molecule has 0 bridgehead atoms. The van der Waals surface area contributed by atoms with Crippen LogP contribution in [-0.2, 0) is 4.74 Å². The third kappa shape index (κ3) is 3.77. The summed E-state index contributed by atoms with van der Waals surface area (Å²) < 4.78 is 5.12. The third-order valence-electron chi connectivity index (χ3n) is 1.39. The van der Waals surface area contributed by atoms with Crippen molar-refractivity contribution in [3.63, 3.8) is 0 Å². The van der Waals surface area contributed by atoms with Crippen LogP contribution in [0.5, 0.6) is 0 Å². The molecule has 0 radical (unpaired) electrons. The molecule has 0 saturated heterocycles. The van der Waals surface area contributed by atoms with Crippen molar-refractivity contribution in [2.75, 3.05) is 7.11 Å². The van der Waals surface area contributed by atoms with E-state index in [1.165, 1.54) is 0 Å². The van der Waals surface area contributed by atoms with Gasteiger partial charge in [-0.2, -0.15) is 0 Å². The molecule has 9 heavy (non-hydrogen) atoms. The second kappa shape index (κ2) is 5.07. The van der Waals surface area contributed by atoms with Crippen LogP contribution in [0.15, 0.2) is 0 Å². The highest BCUT2D eigenvalue weighted by Crippen LogP contribution is 2.10. The summed E-state index contributed by atoms with van der Waals surface area (Å²) >= 11 is 5.80. The fourth-order valence-corrected chi connectivity index (χ4v) is 1.05. The third-order valence-corrected chi connectivity index (χ3v) is 1.67. The SMILES string of the molecule is CCCC(OC)C(C)Cl. The zero-order chi connectivity index (χ0) is 7.28. The number of alkyl halides is 1. The Labute approximate surface area is 62.3 Å². The van der Waals surface area contributed by atoms with Gasteiger partial charge in [0.1, 0.15) is 0 Å². The van der Waals surface area contributed by atoms with Crippen molar-refractivity contribution in [2.45, 2.75) is 38.2 Å². The lowest BCUT2D eigenvalue weighted by molar-refractivity contribution is 0.0944. The van der Waals surface area contributed by atoms with Gasteiger partial charge in [-0.05, 0) is 13.3 Å². The Morgan fingerprint density at radius 2 is 2.11 bits per heavy atom. The fourth-order valence-electron chi connectivity index (χ4n) is 0.820. The van der Waals surface area contributed by atoms with Crippen molar-refractivity contribution in [3.05, 3.63) is 0 Å². The van der Waals surface area contributed by atoms with Crippen LogP contribution in [0.4, 0.5) is 0 Å². The van der Waals surface area contributed by atoms with Gasteiger partial charge in [0.25, 0.3) is 0 Å². The Balaban J connectivity index is 3.41. The monoisotopic (exact) mass is 150 g/mol. The van der Waals surface area contributed by atoms with Gasteiger partial charge in [-0.3, -0.25) is 0 Å². The molecular formula is C7H15ClO. The molecular weight excluding hydrogens is 136 g/mol. The number of hydrogen-bond acceptors (Lipinski definition) is 1. The molecule has 0 aliphatic heterocycles. The molecule has 2 heteroatoms. The molecule has 0 spiro atoms. The molecule has 1 nitrogen and oxygen atoms in total. The molecule has 0 amide bonds. The van der Waals surface area contributed by atoms with Crippen LogP contribution in [0.25, 0.3) is 0 Å². The molecule has 0 aliphatic carbocycles. The summed E-state index contributed by atoms with van der Waals surface area (Å²) in [6.07, 6.45) is 2.42. The Kier molecular flexibility index (Phi) is 5.21. The van der Waals surface area contributed by atoms with Crippen molar-refractivity contribution < 1.29 is 4.74 Å². The van der Waals surface area contributed by atoms with E-state index in [1.54, 1.807) is 7.11 Å². The highest BCUT2D eigenvalue weighted by Gasteiger charge is 2.11. The van der Waals surface area contributed by atoms with Gasteiger partial charge in [0, 0.05) is 7.11 Å². The summed E-state index contributed by atoms with van der Waals surface area (Å²) in [6, 6.07) is 0. The number of rotatable bonds is 4. The van der Waals surface area contributed by atoms with Crippen LogP contribution in [0, 0.1) is 0 Å². The van der Waals surface area contributed by atoms with Crippen molar-refractivity contribution >= 4 is 11.6 Å². The predicted molar refractivity (Wildman–Crippen MR) is 41.0 cm³/mol. The fraction of sp³-hybridized carbons (Fsp3) is 1.00. The molecule has 0 heterocycles. The van der Waals surface area contributed by atoms with Crippen molar-refractivity contribution in [3.8, 4) is 0 Å². The van der Waals surface area contributed by atoms with Gasteiger partial charge in [-0.1, -0.05) is 13.3 Å². The topological polar surface area (TPSA) is 9.23 Å². The van der Waals surface area contributed by atoms with E-state index in [9.17, 15) is 0 Å². The molecule has 0 saturated carbocycles. The Morgan fingerprint density at radius 3 is 2.22 bits per heavy atom. The van der Waals surface area contributed by atoms with Crippen molar-refractivity contribution in [2.24, 2.45) is 0 Å². The maximum absolute atomic E-state index is 5.80. The summed E-state index contributed by atoms with van der Waals surface area (Å²) in [5, 5.41) is 0.134. The molecule has 0 aromatic carbocycles. The van der Waals surface area contributed by atoms with Crippen molar-refractivity contribution in [1.29, 1.82) is 0 Å². The van der Waals surface area contributed by atoms with Crippen LogP contribution in [0.3, 0.4) is 0 Å². The number of methoxy groups -OCH3 is 1. The normalized spacial score (nSPS) is 17.3. The van der Waals surface area contributed by atoms with E-state index < -0.39 is 0 Å². The number of hydrogen-bond donors (Lipinski definition) is 0. The van der Waals surface area contributed by atoms with Gasteiger partial charge < -0.3 is 4.74 Å². The van der Waals surface area contributed by atoms with Crippen LogP contribution in [0.2, 0.25) is 0 Å². The second-order valence-corrected chi connectivity index (χ2v) is 2.93. The summed E-state index contributed by atoms with van der Waals surface area (Å²) in [5.41, 5.74) is 0. The van der Waals surface area contributed by atoms with Gasteiger partial charge in [0.15, 0.2) is 0 Å². The van der Waals surface area contributed by atoms with Gasteiger partial charge in [0.2, 0.25) is 0 Å². The van der Waals surface area contributed by atoms with Crippen LogP contribution >= 0.6 is 11.6 Å². The maximum atomic E-state index is 5.80. The van der Waals surface area contributed by atoms with E-state index in [0.717, 1.165) is 12.8 Å². The Hall–Kier alpha value is 0.250. The molecule has 0 aliphatic rings. The Bertz CT molecular complexity index is 63.9. The zero-order valence-corrected chi connectivity index (χ0v) is 7.11. The lowest BCUT2D eigenvalue weighted by atomic mass is 10.1. The lowest BCUT2D eigenvalue weighted by Crippen LogP contribution is -2.19. The van der Waals surface area contributed by atoms with E-state index in [1.807, 2.05) is 6.92 Å². The smallest absolute Gasteiger partial charge is 0.0732 e. The van der Waals surface area contributed by atoms with Crippen LogP contribution < -0.4 is 0 Å². The highest BCUT2D eigenvalue weighted by atomic mass is 35.5. The van der Waals surface area contributed by atoms with Crippen molar-refractivity contribution in [1.82, 2.24) is 0 Å². The van der Waals surface area contributed by atoms with Crippen LogP contribution in [-0.4, -0.2) is 18.6 Å². The summed E-state index contributed by atoms with van der Waals surface area (Å²) in [4.78, 5) is 0. The molecule has 0 fully saturated rings. The predicted octanol–water partition coefficient (Wildman–Crippen LogP) is 2.43. The average Bonchev–Trinajstić information content (AvgIpc) is 1.82. The first kappa shape index (κ1) is 9.25. The second-order valence-electron chi connectivity index (χ2n) is 2.24. The molecule has 0 N–H and O–H groups in total. The largest absolute Gasteiger partial charge is 0.380 e. The van der Waals surface area contributed by atoms with Gasteiger partial charge in [0.05, 0.1) is 11.5 Å². The highest BCUT2D eigenvalue weighted by molar-refractivity contribution is 6.20. The molecule has 56 valence electrons. The first-order chi connectivity index (χ1) is 4.22. The van der Waals surface area contributed by atoms with Crippen LogP contribution in [0.1, 0.15) is 26.7 Å². The van der Waals surface area contributed by atoms with Gasteiger partial charge >= 0.3 is 0 Å². The average molecular weight is 151 g/mol. The van der Waals surface area contributed by atoms with Gasteiger partial charge in [-0.15, -0.1) is 11.6 Å². The van der Waals surface area contributed by atoms with E-state index in [4.69, 9.17) is 16.3 Å². The summed E-state index contributed by atoms with van der Waals surface area (Å²) in [5.74, 6) is 0. The number of ether oxygens (including phenoxy) is 1. The molecule has 0 aromatic heterocycles. The van der Waals surface area contributed by atoms with E-state index in [2.05, 4.69) is 6.92 Å². The summed E-state index contributed by atoms with van der Waals surface area (Å²) in [7, 11) is 1.71. The molecule has 2 atom stereocenters. The minimum absolute atomic E-state index is 0.134. The minimum atomic E-state index is 0.134. The lowest BCUT2D eigenvalue weighted by Gasteiger charge is -2.15. The minimum Gasteiger partial charge on any atom is -0.380 e. The Morgan fingerprint density at radius 1 is 1.56 bits per heavy atom. The van der Waals surface area contributed by atoms with Gasteiger partial charge in [-0.25, -0.2) is 0 Å². The van der Waals surface area contributed by atoms with E-state index in [-0.39, 0.29) is 11.5 Å². The quantitative estimate of drug-likeness (QED) is 0.560. The summed E-state index contributed by atoms with van der Waals surface area (Å²) in [6.45, 7) is 4.09. The molecule has 0 aromatic rings. The molecule has 0 rings (SSSR count). The first-order valence-corrected chi connectivity index (χ1v) is 3.82. The molecule has 2 unspecified atom stereocenters. The number of halogens is 1. The first-order valence-electron chi connectivity index (χ1n) is 3.39. The standard InChI is InChI=1S/C7H15ClO/c1-4-5-7(9-3)6(2)8/h6-7H,4-5H2,1-3H3.